The zero-order valence-electron chi connectivity index (χ0n) is 7.31. The maximum atomic E-state index is 10.6. The van der Waals surface area contributed by atoms with E-state index < -0.39 is 11.1 Å². The summed E-state index contributed by atoms with van der Waals surface area (Å²) in [6, 6.07) is 0. The molecule has 1 unspecified atom stereocenters. The largest absolute Gasteiger partial charge is 0.336 e. The zero-order chi connectivity index (χ0) is 9.30. The molecule has 0 saturated heterocycles. The van der Waals surface area contributed by atoms with E-state index in [4.69, 9.17) is 4.55 Å². The molecule has 1 N–H and O–H groups in total. The summed E-state index contributed by atoms with van der Waals surface area (Å²) in [5.41, 5.74) is 0. The van der Waals surface area contributed by atoms with Crippen LogP contribution in [0.1, 0.15) is 25.6 Å². The molecule has 0 radical (unpaired) electrons. The van der Waals surface area contributed by atoms with Crippen molar-refractivity contribution in [1.82, 2.24) is 9.55 Å². The highest BCUT2D eigenvalue weighted by atomic mass is 32.2. The smallest absolute Gasteiger partial charge is 0.207 e. The van der Waals surface area contributed by atoms with Gasteiger partial charge in [0.15, 0.2) is 5.03 Å². The van der Waals surface area contributed by atoms with E-state index in [1.54, 1.807) is 10.8 Å². The van der Waals surface area contributed by atoms with Crippen LogP contribution in [0.3, 0.4) is 0 Å². The van der Waals surface area contributed by atoms with Crippen LogP contribution in [0.2, 0.25) is 0 Å². The Morgan fingerprint density at radius 3 is 2.50 bits per heavy atom. The minimum Gasteiger partial charge on any atom is -0.336 e. The van der Waals surface area contributed by atoms with Crippen LogP contribution in [0, 0.1) is 0 Å². The van der Waals surface area contributed by atoms with Crippen molar-refractivity contribution in [3.05, 3.63) is 12.0 Å². The van der Waals surface area contributed by atoms with Gasteiger partial charge in [-0.1, -0.05) is 13.8 Å². The highest BCUT2D eigenvalue weighted by Crippen LogP contribution is 2.13. The highest BCUT2D eigenvalue weighted by molar-refractivity contribution is 7.79. The van der Waals surface area contributed by atoms with Crippen molar-refractivity contribution in [3.63, 3.8) is 0 Å². The Morgan fingerprint density at radius 2 is 2.25 bits per heavy atom. The molecule has 1 rings (SSSR count). The van der Waals surface area contributed by atoms with Gasteiger partial charge in [0.05, 0.1) is 0 Å². The molecule has 1 heterocycles. The lowest BCUT2D eigenvalue weighted by atomic mass is 10.2. The molecule has 0 aliphatic heterocycles. The molecule has 12 heavy (non-hydrogen) atoms. The third-order valence-corrected chi connectivity index (χ3v) is 2.14. The summed E-state index contributed by atoms with van der Waals surface area (Å²) in [6.45, 7) is 3.98. The average molecular weight is 188 g/mol. The minimum absolute atomic E-state index is 0.223. The summed E-state index contributed by atoms with van der Waals surface area (Å²) >= 11 is -1.97. The lowest BCUT2D eigenvalue weighted by Gasteiger charge is -2.02. The monoisotopic (exact) mass is 188 g/mol. The van der Waals surface area contributed by atoms with E-state index in [0.717, 1.165) is 5.82 Å². The molecule has 0 spiro atoms. The summed E-state index contributed by atoms with van der Waals surface area (Å²) in [7, 11) is 1.82. The fourth-order valence-corrected chi connectivity index (χ4v) is 1.49. The Hall–Kier alpha value is -0.680. The first-order valence-electron chi connectivity index (χ1n) is 3.66. The van der Waals surface area contributed by atoms with E-state index in [-0.39, 0.29) is 10.9 Å². The summed E-state index contributed by atoms with van der Waals surface area (Å²) in [4.78, 5) is 4.02. The summed E-state index contributed by atoms with van der Waals surface area (Å²) in [6.07, 6.45) is 1.57. The van der Waals surface area contributed by atoms with Crippen LogP contribution in [0.25, 0.3) is 0 Å². The predicted octanol–water partition coefficient (Wildman–Crippen LogP) is 1.12. The summed E-state index contributed by atoms with van der Waals surface area (Å²) in [5, 5.41) is 0.223. The lowest BCUT2D eigenvalue weighted by Crippen LogP contribution is -1.98. The fourth-order valence-electron chi connectivity index (χ4n) is 1.07. The third kappa shape index (κ3) is 1.73. The molecule has 0 aliphatic rings. The van der Waals surface area contributed by atoms with Gasteiger partial charge in [0.25, 0.3) is 0 Å². The van der Waals surface area contributed by atoms with Gasteiger partial charge in [-0.3, -0.25) is 0 Å². The van der Waals surface area contributed by atoms with Crippen LogP contribution >= 0.6 is 0 Å². The van der Waals surface area contributed by atoms with Crippen molar-refractivity contribution in [2.45, 2.75) is 24.8 Å². The van der Waals surface area contributed by atoms with E-state index in [9.17, 15) is 4.21 Å². The second kappa shape index (κ2) is 3.37. The van der Waals surface area contributed by atoms with Gasteiger partial charge in [-0.25, -0.2) is 9.19 Å². The van der Waals surface area contributed by atoms with Gasteiger partial charge in [0, 0.05) is 19.2 Å². The quantitative estimate of drug-likeness (QED) is 0.708. The van der Waals surface area contributed by atoms with Crippen LogP contribution in [0.5, 0.6) is 0 Å². The number of aryl methyl sites for hydroxylation is 1. The molecule has 4 nitrogen and oxygen atoms in total. The molecule has 0 fully saturated rings. The first kappa shape index (κ1) is 9.41. The zero-order valence-corrected chi connectivity index (χ0v) is 8.13. The second-order valence-electron chi connectivity index (χ2n) is 2.95. The number of imidazole rings is 1. The van der Waals surface area contributed by atoms with Crippen LogP contribution in [0.4, 0.5) is 0 Å². The Bertz CT molecular complexity index is 306. The minimum atomic E-state index is -1.97. The van der Waals surface area contributed by atoms with E-state index in [2.05, 4.69) is 4.98 Å². The fraction of sp³-hybridized carbons (Fsp3) is 0.571. The molecule has 0 saturated carbocycles. The Kier molecular flexibility index (Phi) is 2.64. The molecule has 0 aromatic carbocycles. The summed E-state index contributed by atoms with van der Waals surface area (Å²) < 4.78 is 21.1. The van der Waals surface area contributed by atoms with Crippen molar-refractivity contribution in [1.29, 1.82) is 0 Å². The van der Waals surface area contributed by atoms with Gasteiger partial charge in [0.1, 0.15) is 5.82 Å². The first-order valence-corrected chi connectivity index (χ1v) is 4.77. The third-order valence-electron chi connectivity index (χ3n) is 1.59. The lowest BCUT2D eigenvalue weighted by molar-refractivity contribution is 0.560. The van der Waals surface area contributed by atoms with Crippen LogP contribution < -0.4 is 0 Å². The SMILES string of the molecule is CC(C)c1nc(S(=O)O)cn1C. The van der Waals surface area contributed by atoms with Crippen molar-refractivity contribution < 1.29 is 8.76 Å². The highest BCUT2D eigenvalue weighted by Gasteiger charge is 2.11. The molecule has 68 valence electrons. The molecule has 1 aromatic heterocycles. The maximum absolute atomic E-state index is 10.6. The molecule has 0 amide bonds. The van der Waals surface area contributed by atoms with Crippen LogP contribution in [-0.2, 0) is 18.1 Å². The Balaban J connectivity index is 3.09. The number of hydrogen-bond donors (Lipinski definition) is 1. The maximum Gasteiger partial charge on any atom is 0.207 e. The van der Waals surface area contributed by atoms with Gasteiger partial charge in [-0.15, -0.1) is 0 Å². The van der Waals surface area contributed by atoms with E-state index >= 15 is 0 Å². The second-order valence-corrected chi connectivity index (χ2v) is 3.87. The standard InChI is InChI=1S/C7H12N2O2S/c1-5(2)7-8-6(12(10)11)4-9(7)3/h4-5H,1-3H3,(H,10,11). The Morgan fingerprint density at radius 1 is 1.67 bits per heavy atom. The molecule has 1 aromatic rings. The van der Waals surface area contributed by atoms with Gasteiger partial charge in [-0.2, -0.15) is 0 Å². The number of nitrogens with zero attached hydrogens (tertiary/aromatic N) is 2. The summed E-state index contributed by atoms with van der Waals surface area (Å²) in [5.74, 6) is 1.10. The molecular formula is C7H12N2O2S. The van der Waals surface area contributed by atoms with Gasteiger partial charge in [-0.05, 0) is 0 Å². The molecule has 1 atom stereocenters. The van der Waals surface area contributed by atoms with Crippen molar-refractivity contribution in [2.24, 2.45) is 7.05 Å². The molecule has 5 heteroatoms. The molecule has 0 bridgehead atoms. The van der Waals surface area contributed by atoms with Gasteiger partial charge in [0.2, 0.25) is 11.1 Å². The molecule has 0 aliphatic carbocycles. The van der Waals surface area contributed by atoms with E-state index in [1.165, 1.54) is 0 Å². The first-order chi connectivity index (χ1) is 5.52. The van der Waals surface area contributed by atoms with Gasteiger partial charge >= 0.3 is 0 Å². The molecular weight excluding hydrogens is 176 g/mol. The topological polar surface area (TPSA) is 55.1 Å². The number of rotatable bonds is 2. The van der Waals surface area contributed by atoms with Crippen LogP contribution in [-0.4, -0.2) is 18.3 Å². The van der Waals surface area contributed by atoms with Crippen LogP contribution in [0.15, 0.2) is 11.2 Å². The van der Waals surface area contributed by atoms with Crippen molar-refractivity contribution >= 4 is 11.1 Å². The van der Waals surface area contributed by atoms with Gasteiger partial charge < -0.3 is 9.12 Å². The van der Waals surface area contributed by atoms with E-state index in [0.29, 0.717) is 0 Å². The van der Waals surface area contributed by atoms with Crippen molar-refractivity contribution in [2.75, 3.05) is 0 Å². The Labute approximate surface area is 73.9 Å². The number of aromatic nitrogens is 2. The number of hydrogen-bond acceptors (Lipinski definition) is 2. The predicted molar refractivity (Wildman–Crippen MR) is 46.3 cm³/mol. The van der Waals surface area contributed by atoms with Crippen molar-refractivity contribution in [3.8, 4) is 0 Å². The van der Waals surface area contributed by atoms with E-state index in [1.807, 2.05) is 20.9 Å². The normalized spacial score (nSPS) is 13.8. The average Bonchev–Trinajstić information content (AvgIpc) is 2.30.